The van der Waals surface area contributed by atoms with Crippen LogP contribution in [0.15, 0.2) is 48.5 Å². The molecule has 0 spiro atoms. The zero-order valence-corrected chi connectivity index (χ0v) is 17.2. The van der Waals surface area contributed by atoms with Gasteiger partial charge in [0.05, 0.1) is 27.8 Å². The molecule has 0 fully saturated rings. The summed E-state index contributed by atoms with van der Waals surface area (Å²) in [5.74, 6) is -0.732. The highest BCUT2D eigenvalue weighted by molar-refractivity contribution is 5.86. The topological polar surface area (TPSA) is 100 Å². The van der Waals surface area contributed by atoms with Crippen LogP contribution < -0.4 is 14.8 Å². The highest BCUT2D eigenvalue weighted by Gasteiger charge is 2.22. The van der Waals surface area contributed by atoms with Crippen molar-refractivity contribution in [2.45, 2.75) is 18.9 Å². The van der Waals surface area contributed by atoms with Gasteiger partial charge in [-0.15, -0.1) is 0 Å². The van der Waals surface area contributed by atoms with E-state index in [9.17, 15) is 14.4 Å². The number of carbonyl (C=O) groups excluding carboxylic acids is 3. The van der Waals surface area contributed by atoms with Gasteiger partial charge in [-0.2, -0.15) is 0 Å². The van der Waals surface area contributed by atoms with Crippen molar-refractivity contribution in [3.05, 3.63) is 59.7 Å². The van der Waals surface area contributed by atoms with E-state index in [1.165, 1.54) is 21.3 Å². The highest BCUT2D eigenvalue weighted by Crippen LogP contribution is 2.27. The molecule has 2 aromatic carbocycles. The van der Waals surface area contributed by atoms with Gasteiger partial charge in [-0.3, -0.25) is 9.59 Å². The number of benzene rings is 2. The van der Waals surface area contributed by atoms with E-state index in [1.807, 2.05) is 30.3 Å². The average Bonchev–Trinajstić information content (AvgIpc) is 2.77. The Hall–Kier alpha value is -3.55. The molecule has 0 aliphatic rings. The largest absolute Gasteiger partial charge is 0.493 e. The predicted molar refractivity (Wildman–Crippen MR) is 108 cm³/mol. The SMILES string of the molecule is COC(=O)[C@H](Cc1ccccc1)NC(=O)COC(=O)Cc1ccc(OC)c(OC)c1. The van der Waals surface area contributed by atoms with Crippen LogP contribution in [0, 0.1) is 0 Å². The minimum Gasteiger partial charge on any atom is -0.493 e. The third kappa shape index (κ3) is 6.80. The number of ether oxygens (including phenoxy) is 4. The molecule has 2 rings (SSSR count). The summed E-state index contributed by atoms with van der Waals surface area (Å²) in [6.45, 7) is -0.506. The van der Waals surface area contributed by atoms with Crippen molar-refractivity contribution < 1.29 is 33.3 Å². The summed E-state index contributed by atoms with van der Waals surface area (Å²) in [6.07, 6.45) is 0.219. The average molecular weight is 415 g/mol. The van der Waals surface area contributed by atoms with Crippen molar-refractivity contribution >= 4 is 17.8 Å². The van der Waals surface area contributed by atoms with Crippen LogP contribution in [0.5, 0.6) is 11.5 Å². The zero-order chi connectivity index (χ0) is 21.9. The Balaban J connectivity index is 1.88. The first-order valence-electron chi connectivity index (χ1n) is 9.24. The fraction of sp³-hybridized carbons (Fsp3) is 0.318. The molecule has 1 N–H and O–H groups in total. The summed E-state index contributed by atoms with van der Waals surface area (Å²) < 4.78 is 20.1. The zero-order valence-electron chi connectivity index (χ0n) is 17.2. The minimum atomic E-state index is -0.880. The van der Waals surface area contributed by atoms with Crippen LogP contribution in [-0.2, 0) is 36.7 Å². The van der Waals surface area contributed by atoms with Gasteiger partial charge in [-0.1, -0.05) is 36.4 Å². The Morgan fingerprint density at radius 3 is 2.23 bits per heavy atom. The van der Waals surface area contributed by atoms with E-state index < -0.39 is 30.5 Å². The van der Waals surface area contributed by atoms with Gasteiger partial charge in [0.1, 0.15) is 6.04 Å². The monoisotopic (exact) mass is 415 g/mol. The summed E-state index contributed by atoms with van der Waals surface area (Å²) in [5.41, 5.74) is 1.51. The van der Waals surface area contributed by atoms with Gasteiger partial charge >= 0.3 is 11.9 Å². The van der Waals surface area contributed by atoms with Crippen molar-refractivity contribution in [1.82, 2.24) is 5.32 Å². The first kappa shape index (κ1) is 22.7. The maximum absolute atomic E-state index is 12.2. The Morgan fingerprint density at radius 1 is 0.900 bits per heavy atom. The summed E-state index contributed by atoms with van der Waals surface area (Å²) in [4.78, 5) is 36.2. The highest BCUT2D eigenvalue weighted by atomic mass is 16.5. The molecule has 0 unspecified atom stereocenters. The van der Waals surface area contributed by atoms with Crippen LogP contribution in [0.1, 0.15) is 11.1 Å². The Bertz CT molecular complexity index is 867. The number of hydrogen-bond donors (Lipinski definition) is 1. The molecule has 8 heteroatoms. The third-order valence-corrected chi connectivity index (χ3v) is 4.26. The lowest BCUT2D eigenvalue weighted by Gasteiger charge is -2.16. The molecule has 0 aromatic heterocycles. The van der Waals surface area contributed by atoms with Crippen molar-refractivity contribution in [2.24, 2.45) is 0 Å². The van der Waals surface area contributed by atoms with Gasteiger partial charge < -0.3 is 24.3 Å². The van der Waals surface area contributed by atoms with Gasteiger partial charge in [0.15, 0.2) is 18.1 Å². The molecule has 2 aromatic rings. The first-order valence-corrected chi connectivity index (χ1v) is 9.24. The maximum atomic E-state index is 12.2. The van der Waals surface area contributed by atoms with E-state index in [1.54, 1.807) is 18.2 Å². The predicted octanol–water partition coefficient (Wildman–Crippen LogP) is 1.69. The van der Waals surface area contributed by atoms with Crippen molar-refractivity contribution in [3.63, 3.8) is 0 Å². The van der Waals surface area contributed by atoms with E-state index in [4.69, 9.17) is 18.9 Å². The molecule has 0 aliphatic heterocycles. The molecule has 0 bridgehead atoms. The Morgan fingerprint density at radius 2 is 1.60 bits per heavy atom. The number of rotatable bonds is 10. The number of carbonyl (C=O) groups is 3. The standard InChI is InChI=1S/C22H25NO7/c1-27-18-10-9-16(12-19(18)28-2)13-21(25)30-14-20(24)23-17(22(26)29-3)11-15-7-5-4-6-8-15/h4-10,12,17H,11,13-14H2,1-3H3,(H,23,24)/t17-/m0/s1. The molecule has 0 saturated carbocycles. The fourth-order valence-corrected chi connectivity index (χ4v) is 2.78. The molecule has 0 aliphatic carbocycles. The van der Waals surface area contributed by atoms with Crippen LogP contribution in [0.25, 0.3) is 0 Å². The van der Waals surface area contributed by atoms with Crippen molar-refractivity contribution in [2.75, 3.05) is 27.9 Å². The van der Waals surface area contributed by atoms with Gasteiger partial charge in [0.25, 0.3) is 5.91 Å². The fourth-order valence-electron chi connectivity index (χ4n) is 2.78. The summed E-state index contributed by atoms with van der Waals surface area (Å²) in [5, 5.41) is 2.54. The minimum absolute atomic E-state index is 0.0436. The van der Waals surface area contributed by atoms with E-state index in [-0.39, 0.29) is 12.8 Å². The molecule has 0 saturated heterocycles. The number of nitrogens with one attached hydrogen (secondary N) is 1. The molecular weight excluding hydrogens is 390 g/mol. The maximum Gasteiger partial charge on any atom is 0.328 e. The van der Waals surface area contributed by atoms with Crippen molar-refractivity contribution in [1.29, 1.82) is 0 Å². The molecule has 0 heterocycles. The van der Waals surface area contributed by atoms with E-state index in [0.29, 0.717) is 17.1 Å². The molecule has 30 heavy (non-hydrogen) atoms. The molecule has 1 atom stereocenters. The molecule has 1 amide bonds. The Labute approximate surface area is 175 Å². The van der Waals surface area contributed by atoms with Crippen LogP contribution in [-0.4, -0.2) is 51.8 Å². The second-order valence-corrected chi connectivity index (χ2v) is 6.36. The van der Waals surface area contributed by atoms with Gasteiger partial charge in [-0.25, -0.2) is 4.79 Å². The van der Waals surface area contributed by atoms with Gasteiger partial charge in [0, 0.05) is 6.42 Å². The lowest BCUT2D eigenvalue weighted by molar-refractivity contribution is -0.149. The first-order chi connectivity index (χ1) is 14.5. The number of methoxy groups -OCH3 is 3. The van der Waals surface area contributed by atoms with Crippen LogP contribution in [0.4, 0.5) is 0 Å². The van der Waals surface area contributed by atoms with E-state index in [0.717, 1.165) is 5.56 Å². The summed E-state index contributed by atoms with van der Waals surface area (Å²) in [6, 6.07) is 13.4. The van der Waals surface area contributed by atoms with E-state index in [2.05, 4.69) is 5.32 Å². The lowest BCUT2D eigenvalue weighted by atomic mass is 10.1. The van der Waals surface area contributed by atoms with Crippen molar-refractivity contribution in [3.8, 4) is 11.5 Å². The summed E-state index contributed by atoms with van der Waals surface area (Å²) >= 11 is 0. The molecule has 0 radical (unpaired) electrons. The van der Waals surface area contributed by atoms with Gasteiger partial charge in [0.2, 0.25) is 0 Å². The molecular formula is C22H25NO7. The quantitative estimate of drug-likeness (QED) is 0.590. The molecule has 8 nitrogen and oxygen atoms in total. The second kappa shape index (κ2) is 11.5. The van der Waals surface area contributed by atoms with Crippen LogP contribution >= 0.6 is 0 Å². The number of esters is 2. The summed E-state index contributed by atoms with van der Waals surface area (Å²) in [7, 11) is 4.26. The number of amides is 1. The normalized spacial score (nSPS) is 11.2. The second-order valence-electron chi connectivity index (χ2n) is 6.36. The Kier molecular flexibility index (Phi) is 8.68. The third-order valence-electron chi connectivity index (χ3n) is 4.26. The lowest BCUT2D eigenvalue weighted by Crippen LogP contribution is -2.44. The molecule has 160 valence electrons. The van der Waals surface area contributed by atoms with Crippen LogP contribution in [0.3, 0.4) is 0 Å². The van der Waals surface area contributed by atoms with Gasteiger partial charge in [-0.05, 0) is 23.3 Å². The number of hydrogen-bond acceptors (Lipinski definition) is 7. The van der Waals surface area contributed by atoms with E-state index >= 15 is 0 Å². The smallest absolute Gasteiger partial charge is 0.328 e. The van der Waals surface area contributed by atoms with Crippen LogP contribution in [0.2, 0.25) is 0 Å².